The SMILES string of the molecule is CCOC(=O)/C=C/[C@@H](C)C1CCC2C3C(CC[C@@]21C)[C@@]1(C)CCC(=O)C=C1O[C@@H]3C. The molecule has 0 radical (unpaired) electrons. The van der Waals surface area contributed by atoms with E-state index in [1.54, 1.807) is 12.2 Å². The van der Waals surface area contributed by atoms with Crippen LogP contribution in [-0.4, -0.2) is 24.5 Å². The summed E-state index contributed by atoms with van der Waals surface area (Å²) in [4.78, 5) is 23.8. The number of hydrogen-bond acceptors (Lipinski definition) is 4. The second-order valence-corrected chi connectivity index (χ2v) is 10.7. The van der Waals surface area contributed by atoms with E-state index in [0.29, 0.717) is 42.6 Å². The van der Waals surface area contributed by atoms with Crippen LogP contribution in [0.4, 0.5) is 0 Å². The van der Waals surface area contributed by atoms with Gasteiger partial charge in [-0.1, -0.05) is 26.8 Å². The third kappa shape index (κ3) is 3.35. The highest BCUT2D eigenvalue weighted by atomic mass is 16.5. The van der Waals surface area contributed by atoms with Crippen LogP contribution in [0.5, 0.6) is 0 Å². The van der Waals surface area contributed by atoms with Gasteiger partial charge in [0, 0.05) is 29.9 Å². The lowest BCUT2D eigenvalue weighted by Crippen LogP contribution is -2.55. The smallest absolute Gasteiger partial charge is 0.330 e. The molecule has 0 aromatic rings. The summed E-state index contributed by atoms with van der Waals surface area (Å²) < 4.78 is 11.5. The molecule has 1 aliphatic heterocycles. The second-order valence-electron chi connectivity index (χ2n) is 10.7. The molecular formula is C26H38O4. The highest BCUT2D eigenvalue weighted by Crippen LogP contribution is 2.67. The molecule has 3 aliphatic carbocycles. The van der Waals surface area contributed by atoms with Crippen LogP contribution in [-0.2, 0) is 19.1 Å². The van der Waals surface area contributed by atoms with E-state index in [9.17, 15) is 9.59 Å². The van der Waals surface area contributed by atoms with Crippen molar-refractivity contribution in [1.82, 2.24) is 0 Å². The Morgan fingerprint density at radius 1 is 1.27 bits per heavy atom. The maximum atomic E-state index is 12.0. The third-order valence-electron chi connectivity index (χ3n) is 9.28. The van der Waals surface area contributed by atoms with Gasteiger partial charge >= 0.3 is 5.97 Å². The highest BCUT2D eigenvalue weighted by Gasteiger charge is 2.62. The Balaban J connectivity index is 1.57. The van der Waals surface area contributed by atoms with Crippen molar-refractivity contribution in [3.05, 3.63) is 24.0 Å². The molecular weight excluding hydrogens is 376 g/mol. The van der Waals surface area contributed by atoms with Crippen molar-refractivity contribution in [2.45, 2.75) is 79.2 Å². The van der Waals surface area contributed by atoms with Crippen molar-refractivity contribution in [3.63, 3.8) is 0 Å². The van der Waals surface area contributed by atoms with E-state index in [4.69, 9.17) is 9.47 Å². The van der Waals surface area contributed by atoms with E-state index in [1.807, 2.05) is 6.92 Å². The minimum atomic E-state index is -0.235. The van der Waals surface area contributed by atoms with Gasteiger partial charge in [0.25, 0.3) is 0 Å². The van der Waals surface area contributed by atoms with Gasteiger partial charge in [-0.3, -0.25) is 4.79 Å². The molecule has 0 aromatic carbocycles. The van der Waals surface area contributed by atoms with E-state index >= 15 is 0 Å². The van der Waals surface area contributed by atoms with Crippen LogP contribution in [0.2, 0.25) is 0 Å². The topological polar surface area (TPSA) is 52.6 Å². The summed E-state index contributed by atoms with van der Waals surface area (Å²) in [5.74, 6) is 3.67. The lowest BCUT2D eigenvalue weighted by molar-refractivity contribution is -0.153. The lowest BCUT2D eigenvalue weighted by Gasteiger charge is -2.59. The number of rotatable bonds is 4. The van der Waals surface area contributed by atoms with Gasteiger partial charge in [0.2, 0.25) is 0 Å². The molecule has 0 spiro atoms. The average molecular weight is 415 g/mol. The molecule has 4 heteroatoms. The van der Waals surface area contributed by atoms with E-state index in [2.05, 4.69) is 33.8 Å². The maximum absolute atomic E-state index is 12.0. The number of ether oxygens (including phenoxy) is 2. The van der Waals surface area contributed by atoms with Gasteiger partial charge in [0.15, 0.2) is 5.78 Å². The van der Waals surface area contributed by atoms with E-state index in [-0.39, 0.29) is 28.7 Å². The van der Waals surface area contributed by atoms with E-state index in [0.717, 1.165) is 12.2 Å². The molecule has 3 fully saturated rings. The van der Waals surface area contributed by atoms with Gasteiger partial charge in [-0.15, -0.1) is 0 Å². The predicted octanol–water partition coefficient (Wildman–Crippen LogP) is 5.47. The first-order valence-corrected chi connectivity index (χ1v) is 12.0. The first-order valence-electron chi connectivity index (χ1n) is 12.0. The molecule has 0 N–H and O–H groups in total. The molecule has 0 amide bonds. The van der Waals surface area contributed by atoms with Crippen LogP contribution >= 0.6 is 0 Å². The normalized spacial score (nSPS) is 43.8. The van der Waals surface area contributed by atoms with Crippen molar-refractivity contribution < 1.29 is 19.1 Å². The Labute approximate surface area is 181 Å². The predicted molar refractivity (Wildman–Crippen MR) is 116 cm³/mol. The van der Waals surface area contributed by atoms with Crippen LogP contribution in [0.15, 0.2) is 24.0 Å². The molecule has 30 heavy (non-hydrogen) atoms. The molecule has 0 aromatic heterocycles. The first-order chi connectivity index (χ1) is 14.2. The van der Waals surface area contributed by atoms with Crippen molar-refractivity contribution in [2.75, 3.05) is 6.61 Å². The zero-order valence-corrected chi connectivity index (χ0v) is 19.3. The Bertz CT molecular complexity index is 767. The zero-order chi connectivity index (χ0) is 21.7. The Kier molecular flexibility index (Phi) is 5.65. The Morgan fingerprint density at radius 2 is 2.03 bits per heavy atom. The van der Waals surface area contributed by atoms with E-state index in [1.165, 1.54) is 25.7 Å². The van der Waals surface area contributed by atoms with Gasteiger partial charge in [0.05, 0.1) is 12.7 Å². The van der Waals surface area contributed by atoms with Crippen LogP contribution in [0.1, 0.15) is 73.1 Å². The zero-order valence-electron chi connectivity index (χ0n) is 19.3. The largest absolute Gasteiger partial charge is 0.494 e. The molecule has 4 nitrogen and oxygen atoms in total. The number of ketones is 1. The lowest BCUT2D eigenvalue weighted by atomic mass is 9.49. The molecule has 166 valence electrons. The third-order valence-corrected chi connectivity index (χ3v) is 9.28. The van der Waals surface area contributed by atoms with Gasteiger partial charge in [-0.2, -0.15) is 0 Å². The highest BCUT2D eigenvalue weighted by molar-refractivity contribution is 5.91. The fraction of sp³-hybridized carbons (Fsp3) is 0.769. The standard InChI is InChI=1S/C26H38O4/c1-6-29-23(28)10-7-16(2)19-8-9-20-24-17(3)30-22-15-18(27)11-13-26(22,5)21(24)12-14-25(19,20)4/h7,10,15-17,19-21,24H,6,8-9,11-14H2,1-5H3/b10-7+/t16-,17-,19?,20?,21?,24?,25-,26-/m1/s1. The van der Waals surface area contributed by atoms with Gasteiger partial charge in [-0.05, 0) is 75.0 Å². The summed E-state index contributed by atoms with van der Waals surface area (Å²) >= 11 is 0. The molecule has 4 aliphatic rings. The summed E-state index contributed by atoms with van der Waals surface area (Å²) in [6.07, 6.45) is 12.1. The molecule has 4 rings (SSSR count). The number of hydrogen-bond donors (Lipinski definition) is 0. The number of fused-ring (bicyclic) bond motifs is 5. The average Bonchev–Trinajstić information content (AvgIpc) is 3.05. The summed E-state index contributed by atoms with van der Waals surface area (Å²) in [5.41, 5.74) is 0.291. The monoisotopic (exact) mass is 414 g/mol. The second kappa shape index (κ2) is 7.84. The fourth-order valence-corrected chi connectivity index (χ4v) is 7.76. The fourth-order valence-electron chi connectivity index (χ4n) is 7.76. The van der Waals surface area contributed by atoms with Crippen molar-refractivity contribution in [1.29, 1.82) is 0 Å². The molecule has 1 saturated heterocycles. The van der Waals surface area contributed by atoms with Gasteiger partial charge < -0.3 is 9.47 Å². The summed E-state index contributed by atoms with van der Waals surface area (Å²) in [6, 6.07) is 0. The first kappa shape index (κ1) is 21.6. The van der Waals surface area contributed by atoms with Crippen LogP contribution < -0.4 is 0 Å². The number of esters is 1. The quantitative estimate of drug-likeness (QED) is 0.452. The summed E-state index contributed by atoms with van der Waals surface area (Å²) in [6.45, 7) is 11.6. The van der Waals surface area contributed by atoms with Gasteiger partial charge in [-0.25, -0.2) is 4.79 Å². The van der Waals surface area contributed by atoms with Gasteiger partial charge in [0.1, 0.15) is 5.76 Å². The van der Waals surface area contributed by atoms with E-state index < -0.39 is 0 Å². The van der Waals surface area contributed by atoms with Crippen LogP contribution in [0.3, 0.4) is 0 Å². The molecule has 8 atom stereocenters. The minimum absolute atomic E-state index is 0.0138. The van der Waals surface area contributed by atoms with Crippen molar-refractivity contribution in [3.8, 4) is 0 Å². The minimum Gasteiger partial charge on any atom is -0.494 e. The summed E-state index contributed by atoms with van der Waals surface area (Å²) in [5, 5.41) is 0. The van der Waals surface area contributed by atoms with Crippen molar-refractivity contribution >= 4 is 11.8 Å². The molecule has 0 bridgehead atoms. The maximum Gasteiger partial charge on any atom is 0.330 e. The molecule has 4 unspecified atom stereocenters. The summed E-state index contributed by atoms with van der Waals surface area (Å²) in [7, 11) is 0. The van der Waals surface area contributed by atoms with Crippen LogP contribution in [0.25, 0.3) is 0 Å². The molecule has 1 heterocycles. The number of carbonyl (C=O) groups excluding carboxylic acids is 2. The Hall–Kier alpha value is -1.58. The molecule has 2 saturated carbocycles. The van der Waals surface area contributed by atoms with Crippen molar-refractivity contribution in [2.24, 2.45) is 40.4 Å². The van der Waals surface area contributed by atoms with Crippen LogP contribution in [0, 0.1) is 40.4 Å². The number of carbonyl (C=O) groups is 2. The number of allylic oxidation sites excluding steroid dienone is 3. The Morgan fingerprint density at radius 3 is 2.77 bits per heavy atom.